The lowest BCUT2D eigenvalue weighted by Crippen LogP contribution is -2.38. The molecule has 1 N–H and O–H groups in total. The van der Waals surface area contributed by atoms with Crippen molar-refractivity contribution in [2.24, 2.45) is 0 Å². The van der Waals surface area contributed by atoms with E-state index in [9.17, 15) is 4.79 Å². The highest BCUT2D eigenvalue weighted by molar-refractivity contribution is 5.84. The zero-order valence-electron chi connectivity index (χ0n) is 15.9. The van der Waals surface area contributed by atoms with Crippen LogP contribution in [0.5, 0.6) is 5.75 Å². The average molecular weight is 364 g/mol. The normalized spacial score (nSPS) is 14.8. The van der Waals surface area contributed by atoms with E-state index >= 15 is 0 Å². The third-order valence-corrected chi connectivity index (χ3v) is 4.34. The molecule has 0 bridgehead atoms. The Labute approximate surface area is 156 Å². The molecule has 0 spiro atoms. The molecule has 0 saturated carbocycles. The molecular formula is C20H32N2O4. The molecule has 1 aromatic rings. The maximum atomic E-state index is 11.9. The molecule has 1 saturated heterocycles. The summed E-state index contributed by atoms with van der Waals surface area (Å²) in [6, 6.07) is 7.43. The minimum Gasteiger partial charge on any atom is -0.494 e. The summed E-state index contributed by atoms with van der Waals surface area (Å²) in [6.07, 6.45) is 5.61. The lowest BCUT2D eigenvalue weighted by atomic mass is 10.2. The van der Waals surface area contributed by atoms with Crippen molar-refractivity contribution < 1.29 is 19.0 Å². The predicted molar refractivity (Wildman–Crippen MR) is 103 cm³/mol. The van der Waals surface area contributed by atoms with Gasteiger partial charge in [0.2, 0.25) is 0 Å². The summed E-state index contributed by atoms with van der Waals surface area (Å²) >= 11 is 0. The Morgan fingerprint density at radius 2 is 1.96 bits per heavy atom. The van der Waals surface area contributed by atoms with Crippen molar-refractivity contribution in [3.63, 3.8) is 0 Å². The molecule has 146 valence electrons. The van der Waals surface area contributed by atoms with Gasteiger partial charge in [-0.05, 0) is 18.6 Å². The number of unbranched alkanes of at least 4 members (excludes halogenated alkanes) is 4. The zero-order valence-corrected chi connectivity index (χ0v) is 15.9. The lowest BCUT2D eigenvalue weighted by Gasteiger charge is -2.26. The highest BCUT2D eigenvalue weighted by Crippen LogP contribution is 2.18. The van der Waals surface area contributed by atoms with Crippen LogP contribution in [-0.4, -0.2) is 57.1 Å². The lowest BCUT2D eigenvalue weighted by molar-refractivity contribution is 0.0290. The van der Waals surface area contributed by atoms with E-state index in [0.717, 1.165) is 45.0 Å². The minimum atomic E-state index is -0.435. The van der Waals surface area contributed by atoms with Gasteiger partial charge in [-0.1, -0.05) is 38.7 Å². The van der Waals surface area contributed by atoms with Gasteiger partial charge in [0, 0.05) is 31.4 Å². The van der Waals surface area contributed by atoms with Gasteiger partial charge in [0.25, 0.3) is 0 Å². The van der Waals surface area contributed by atoms with Crippen molar-refractivity contribution in [2.45, 2.75) is 39.0 Å². The molecule has 0 aromatic heterocycles. The standard InChI is InChI=1S/C20H32N2O4/c1-2-3-4-5-6-13-25-19-9-7-8-18(17-19)21-20(23)26-16-12-22-10-14-24-15-11-22/h7-9,17H,2-6,10-16H2,1H3,(H,21,23). The number of carbonyl (C=O) groups excluding carboxylic acids is 1. The SMILES string of the molecule is CCCCCCCOc1cccc(NC(=O)OCCN2CCOCC2)c1. The Kier molecular flexibility index (Phi) is 9.90. The first-order valence-corrected chi connectivity index (χ1v) is 9.74. The molecule has 26 heavy (non-hydrogen) atoms. The molecule has 1 fully saturated rings. The van der Waals surface area contributed by atoms with Crippen LogP contribution in [0, 0.1) is 0 Å². The molecule has 0 radical (unpaired) electrons. The number of rotatable bonds is 11. The fourth-order valence-electron chi connectivity index (χ4n) is 2.81. The quantitative estimate of drug-likeness (QED) is 0.603. The predicted octanol–water partition coefficient (Wildman–Crippen LogP) is 3.92. The van der Waals surface area contributed by atoms with E-state index in [4.69, 9.17) is 14.2 Å². The first kappa shape index (κ1) is 20.5. The maximum absolute atomic E-state index is 11.9. The van der Waals surface area contributed by atoms with Gasteiger partial charge >= 0.3 is 6.09 Å². The van der Waals surface area contributed by atoms with Crippen molar-refractivity contribution >= 4 is 11.8 Å². The molecule has 1 aliphatic rings. The number of hydrogen-bond donors (Lipinski definition) is 1. The van der Waals surface area contributed by atoms with E-state index < -0.39 is 6.09 Å². The van der Waals surface area contributed by atoms with E-state index in [1.165, 1.54) is 25.7 Å². The van der Waals surface area contributed by atoms with Gasteiger partial charge in [-0.3, -0.25) is 10.2 Å². The van der Waals surface area contributed by atoms with Gasteiger partial charge in [0.1, 0.15) is 12.4 Å². The number of morpholine rings is 1. The topological polar surface area (TPSA) is 60.0 Å². The molecule has 0 aliphatic carbocycles. The number of ether oxygens (including phenoxy) is 3. The summed E-state index contributed by atoms with van der Waals surface area (Å²) in [6.45, 7) is 7.30. The molecule has 6 heteroatoms. The van der Waals surface area contributed by atoms with Crippen LogP contribution in [0.3, 0.4) is 0 Å². The third-order valence-electron chi connectivity index (χ3n) is 4.34. The summed E-state index contributed by atoms with van der Waals surface area (Å²) in [5.41, 5.74) is 0.685. The van der Waals surface area contributed by atoms with Crippen molar-refractivity contribution in [1.29, 1.82) is 0 Å². The molecule has 1 heterocycles. The van der Waals surface area contributed by atoms with Crippen LogP contribution >= 0.6 is 0 Å². The van der Waals surface area contributed by atoms with Crippen LogP contribution in [0.2, 0.25) is 0 Å². The molecule has 1 amide bonds. The van der Waals surface area contributed by atoms with E-state index in [1.807, 2.05) is 24.3 Å². The zero-order chi connectivity index (χ0) is 18.5. The Morgan fingerprint density at radius 1 is 1.15 bits per heavy atom. The van der Waals surface area contributed by atoms with Gasteiger partial charge in [-0.25, -0.2) is 4.79 Å². The summed E-state index contributed by atoms with van der Waals surface area (Å²) in [5.74, 6) is 0.770. The number of amides is 1. The monoisotopic (exact) mass is 364 g/mol. The highest BCUT2D eigenvalue weighted by Gasteiger charge is 2.11. The summed E-state index contributed by atoms with van der Waals surface area (Å²) in [5, 5.41) is 2.75. The summed E-state index contributed by atoms with van der Waals surface area (Å²) in [7, 11) is 0. The molecular weight excluding hydrogens is 332 g/mol. The van der Waals surface area contributed by atoms with E-state index in [2.05, 4.69) is 17.1 Å². The minimum absolute atomic E-state index is 0.375. The number of nitrogens with zero attached hydrogens (tertiary/aromatic N) is 1. The van der Waals surface area contributed by atoms with E-state index in [1.54, 1.807) is 0 Å². The van der Waals surface area contributed by atoms with Crippen LogP contribution < -0.4 is 10.1 Å². The number of carbonyl (C=O) groups is 1. The molecule has 2 rings (SSSR count). The number of benzene rings is 1. The third kappa shape index (κ3) is 8.54. The second kappa shape index (κ2) is 12.5. The van der Waals surface area contributed by atoms with Gasteiger partial charge < -0.3 is 14.2 Å². The summed E-state index contributed by atoms with van der Waals surface area (Å²) < 4.78 is 16.3. The van der Waals surface area contributed by atoms with Crippen LogP contribution in [0.15, 0.2) is 24.3 Å². The van der Waals surface area contributed by atoms with E-state index in [0.29, 0.717) is 18.9 Å². The van der Waals surface area contributed by atoms with Crippen molar-refractivity contribution in [3.05, 3.63) is 24.3 Å². The molecule has 0 atom stereocenters. The number of anilines is 1. The Morgan fingerprint density at radius 3 is 2.77 bits per heavy atom. The van der Waals surface area contributed by atoms with Crippen molar-refractivity contribution in [3.8, 4) is 5.75 Å². The van der Waals surface area contributed by atoms with E-state index in [-0.39, 0.29) is 0 Å². The van der Waals surface area contributed by atoms with Gasteiger partial charge in [-0.15, -0.1) is 0 Å². The average Bonchev–Trinajstić information content (AvgIpc) is 2.66. The first-order chi connectivity index (χ1) is 12.8. The Balaban J connectivity index is 1.62. The largest absolute Gasteiger partial charge is 0.494 e. The van der Waals surface area contributed by atoms with Crippen molar-refractivity contribution in [1.82, 2.24) is 4.90 Å². The number of nitrogens with one attached hydrogen (secondary N) is 1. The fraction of sp³-hybridized carbons (Fsp3) is 0.650. The molecule has 1 aromatic carbocycles. The van der Waals surface area contributed by atoms with Gasteiger partial charge in [0.15, 0.2) is 0 Å². The van der Waals surface area contributed by atoms with Crippen LogP contribution in [0.4, 0.5) is 10.5 Å². The molecule has 0 unspecified atom stereocenters. The van der Waals surface area contributed by atoms with Crippen LogP contribution in [0.1, 0.15) is 39.0 Å². The maximum Gasteiger partial charge on any atom is 0.411 e. The second-order valence-corrected chi connectivity index (χ2v) is 6.51. The second-order valence-electron chi connectivity index (χ2n) is 6.51. The van der Waals surface area contributed by atoms with Gasteiger partial charge in [-0.2, -0.15) is 0 Å². The summed E-state index contributed by atoms with van der Waals surface area (Å²) in [4.78, 5) is 14.1. The Bertz CT molecular complexity index is 518. The fourth-order valence-corrected chi connectivity index (χ4v) is 2.81. The number of hydrogen-bond acceptors (Lipinski definition) is 5. The van der Waals surface area contributed by atoms with Crippen LogP contribution in [0.25, 0.3) is 0 Å². The van der Waals surface area contributed by atoms with Crippen molar-refractivity contribution in [2.75, 3.05) is 51.4 Å². The Hall–Kier alpha value is -1.79. The smallest absolute Gasteiger partial charge is 0.411 e. The molecule has 1 aliphatic heterocycles. The molecule has 6 nitrogen and oxygen atoms in total. The van der Waals surface area contributed by atoms with Crippen LogP contribution in [-0.2, 0) is 9.47 Å². The highest BCUT2D eigenvalue weighted by atomic mass is 16.5. The van der Waals surface area contributed by atoms with Gasteiger partial charge in [0.05, 0.1) is 19.8 Å². The first-order valence-electron chi connectivity index (χ1n) is 9.74.